The van der Waals surface area contributed by atoms with Gasteiger partial charge < -0.3 is 9.13 Å². The molecule has 0 saturated heterocycles. The number of nitrogens with zero attached hydrogens (tertiary/aromatic N) is 2. The Hall–Kier alpha value is -4.80. The molecule has 0 unspecified atom stereocenters. The number of hydrogen-bond donors (Lipinski definition) is 0. The molecule has 0 spiro atoms. The molecule has 40 heavy (non-hydrogen) atoms. The SMILES string of the molecule is c1ccc2c(c1)B1c3cccc4c5ccccc5n(c34)-c3ccc4c5cc6c(cc5n-2c4c31)sc1ccccc16. The summed E-state index contributed by atoms with van der Waals surface area (Å²) in [7, 11) is 0. The Balaban J connectivity index is 1.40. The molecule has 3 aromatic heterocycles. The Kier molecular flexibility index (Phi) is 3.36. The van der Waals surface area contributed by atoms with Crippen LogP contribution in [0.15, 0.2) is 115 Å². The molecular weight excluding hydrogens is 503 g/mol. The molecule has 2 nitrogen and oxygen atoms in total. The second kappa shape index (κ2) is 6.67. The first-order chi connectivity index (χ1) is 19.9. The monoisotopic (exact) mass is 522 g/mol. The average molecular weight is 522 g/mol. The first kappa shape index (κ1) is 20.2. The van der Waals surface area contributed by atoms with Crippen molar-refractivity contribution in [3.8, 4) is 11.4 Å². The van der Waals surface area contributed by atoms with Crippen molar-refractivity contribution >= 4 is 98.2 Å². The van der Waals surface area contributed by atoms with E-state index in [1.165, 1.54) is 91.5 Å². The highest BCUT2D eigenvalue weighted by Gasteiger charge is 2.40. The highest BCUT2D eigenvalue weighted by atomic mass is 32.1. The molecule has 0 aliphatic carbocycles. The van der Waals surface area contributed by atoms with Gasteiger partial charge in [0.25, 0.3) is 6.71 Å². The molecule has 0 bridgehead atoms. The minimum absolute atomic E-state index is 0.203. The predicted octanol–water partition coefficient (Wildman–Crippen LogP) is 7.39. The second-order valence-corrected chi connectivity index (χ2v) is 12.4. The van der Waals surface area contributed by atoms with Gasteiger partial charge in [-0.3, -0.25) is 0 Å². The molecule has 9 aromatic rings. The second-order valence-electron chi connectivity index (χ2n) is 11.3. The van der Waals surface area contributed by atoms with Gasteiger partial charge in [-0.25, -0.2) is 0 Å². The van der Waals surface area contributed by atoms with Crippen molar-refractivity contribution in [3.05, 3.63) is 115 Å². The molecule has 2 aliphatic rings. The third kappa shape index (κ3) is 2.13. The number of fused-ring (bicyclic) bond motifs is 14. The van der Waals surface area contributed by atoms with E-state index in [2.05, 4.69) is 124 Å². The molecule has 11 rings (SSSR count). The molecule has 0 N–H and O–H groups in total. The molecule has 0 radical (unpaired) electrons. The van der Waals surface area contributed by atoms with Gasteiger partial charge in [0.15, 0.2) is 0 Å². The molecule has 0 fully saturated rings. The smallest absolute Gasteiger partial charge is 0.252 e. The number of hydrogen-bond acceptors (Lipinski definition) is 1. The fourth-order valence-corrected chi connectivity index (χ4v) is 9.13. The van der Waals surface area contributed by atoms with Crippen LogP contribution >= 0.6 is 11.3 Å². The molecule has 0 atom stereocenters. The van der Waals surface area contributed by atoms with Gasteiger partial charge in [-0.1, -0.05) is 78.9 Å². The van der Waals surface area contributed by atoms with E-state index in [1.807, 2.05) is 11.3 Å². The van der Waals surface area contributed by atoms with Crippen LogP contribution in [0.5, 0.6) is 0 Å². The van der Waals surface area contributed by atoms with Crippen molar-refractivity contribution < 1.29 is 0 Å². The van der Waals surface area contributed by atoms with Crippen LogP contribution in [0.25, 0.3) is 75.2 Å². The van der Waals surface area contributed by atoms with Crippen molar-refractivity contribution in [3.63, 3.8) is 0 Å². The summed E-state index contributed by atoms with van der Waals surface area (Å²) in [4.78, 5) is 0. The Labute approximate surface area is 233 Å². The summed E-state index contributed by atoms with van der Waals surface area (Å²) in [5.74, 6) is 0. The molecule has 6 aromatic carbocycles. The van der Waals surface area contributed by atoms with Crippen LogP contribution < -0.4 is 16.4 Å². The highest BCUT2D eigenvalue weighted by Crippen LogP contribution is 2.43. The largest absolute Gasteiger partial charge is 0.310 e. The predicted molar refractivity (Wildman–Crippen MR) is 173 cm³/mol. The maximum Gasteiger partial charge on any atom is 0.252 e. The van der Waals surface area contributed by atoms with Crippen molar-refractivity contribution in [1.82, 2.24) is 9.13 Å². The first-order valence-corrected chi connectivity index (χ1v) is 14.7. The number of thiophene rings is 1. The van der Waals surface area contributed by atoms with Gasteiger partial charge in [0.2, 0.25) is 0 Å². The summed E-state index contributed by atoms with van der Waals surface area (Å²) in [6.45, 7) is 0.203. The van der Waals surface area contributed by atoms with E-state index in [0.29, 0.717) is 0 Å². The fraction of sp³-hybridized carbons (Fsp3) is 0. The van der Waals surface area contributed by atoms with E-state index < -0.39 is 0 Å². The van der Waals surface area contributed by atoms with Gasteiger partial charge in [0, 0.05) is 58.6 Å². The number of para-hydroxylation sites is 3. The van der Waals surface area contributed by atoms with E-state index in [-0.39, 0.29) is 6.71 Å². The fourth-order valence-electron chi connectivity index (χ4n) is 8.01. The average Bonchev–Trinajstić information content (AvgIpc) is 3.65. The summed E-state index contributed by atoms with van der Waals surface area (Å²) >= 11 is 1.90. The zero-order valence-corrected chi connectivity index (χ0v) is 22.2. The molecular formula is C36H19BN2S. The normalized spacial score (nSPS) is 13.4. The maximum absolute atomic E-state index is 2.57. The van der Waals surface area contributed by atoms with E-state index in [9.17, 15) is 0 Å². The minimum atomic E-state index is 0.203. The lowest BCUT2D eigenvalue weighted by Gasteiger charge is -2.33. The van der Waals surface area contributed by atoms with Gasteiger partial charge in [0.1, 0.15) is 0 Å². The van der Waals surface area contributed by atoms with Crippen LogP contribution in [-0.4, -0.2) is 15.8 Å². The van der Waals surface area contributed by atoms with Crippen LogP contribution in [0.1, 0.15) is 0 Å². The van der Waals surface area contributed by atoms with Gasteiger partial charge in [-0.2, -0.15) is 0 Å². The summed E-state index contributed by atoms with van der Waals surface area (Å²) < 4.78 is 7.80. The van der Waals surface area contributed by atoms with Crippen LogP contribution in [0.4, 0.5) is 0 Å². The Morgan fingerprint density at radius 1 is 0.450 bits per heavy atom. The van der Waals surface area contributed by atoms with Crippen LogP contribution in [0, 0.1) is 0 Å². The van der Waals surface area contributed by atoms with Crippen LogP contribution in [-0.2, 0) is 0 Å². The lowest BCUT2D eigenvalue weighted by atomic mass is 9.34. The quantitative estimate of drug-likeness (QED) is 0.184. The van der Waals surface area contributed by atoms with Crippen LogP contribution in [0.3, 0.4) is 0 Å². The van der Waals surface area contributed by atoms with E-state index >= 15 is 0 Å². The summed E-state index contributed by atoms with van der Waals surface area (Å²) in [5, 5.41) is 8.06. The third-order valence-electron chi connectivity index (χ3n) is 9.50. The zero-order chi connectivity index (χ0) is 25.7. The number of benzene rings is 6. The minimum Gasteiger partial charge on any atom is -0.310 e. The lowest BCUT2D eigenvalue weighted by molar-refractivity contribution is 1.16. The summed E-state index contributed by atoms with van der Waals surface area (Å²) in [6.07, 6.45) is 0. The Morgan fingerprint density at radius 2 is 1.20 bits per heavy atom. The van der Waals surface area contributed by atoms with Crippen LogP contribution in [0.2, 0.25) is 0 Å². The molecule has 182 valence electrons. The Bertz CT molecular complexity index is 2610. The molecule has 0 amide bonds. The van der Waals surface area contributed by atoms with Crippen molar-refractivity contribution in [2.45, 2.75) is 0 Å². The number of rotatable bonds is 0. The standard InChI is InChI=1S/C36H19BN2S/c1-4-13-28-20(8-1)22-10-7-12-27-35(22)38(28)30-17-16-23-24-18-25-21-9-2-6-15-32(21)40-33(25)19-31(24)39-29-14-5-3-11-26(29)37(27)34(30)36(23)39/h1-19H. The maximum atomic E-state index is 2.57. The van der Waals surface area contributed by atoms with Crippen molar-refractivity contribution in [2.75, 3.05) is 0 Å². The molecule has 5 heterocycles. The zero-order valence-electron chi connectivity index (χ0n) is 21.3. The highest BCUT2D eigenvalue weighted by molar-refractivity contribution is 7.25. The van der Waals surface area contributed by atoms with Gasteiger partial charge in [0.05, 0.1) is 16.6 Å². The van der Waals surface area contributed by atoms with E-state index in [4.69, 9.17) is 0 Å². The first-order valence-electron chi connectivity index (χ1n) is 13.9. The molecule has 2 aliphatic heterocycles. The Morgan fingerprint density at radius 3 is 2.17 bits per heavy atom. The van der Waals surface area contributed by atoms with Gasteiger partial charge in [-0.15, -0.1) is 11.3 Å². The third-order valence-corrected chi connectivity index (χ3v) is 10.6. The topological polar surface area (TPSA) is 9.86 Å². The van der Waals surface area contributed by atoms with E-state index in [0.717, 1.165) is 0 Å². The summed E-state index contributed by atoms with van der Waals surface area (Å²) in [5.41, 5.74) is 12.1. The van der Waals surface area contributed by atoms with Gasteiger partial charge in [-0.05, 0) is 52.8 Å². The van der Waals surface area contributed by atoms with Gasteiger partial charge >= 0.3 is 0 Å². The van der Waals surface area contributed by atoms with Crippen molar-refractivity contribution in [1.29, 1.82) is 0 Å². The molecule has 0 saturated carbocycles. The van der Waals surface area contributed by atoms with Crippen molar-refractivity contribution in [2.24, 2.45) is 0 Å². The summed E-state index contributed by atoms with van der Waals surface area (Å²) in [6, 6.07) is 43.4. The van der Waals surface area contributed by atoms with E-state index in [1.54, 1.807) is 0 Å². The lowest BCUT2D eigenvalue weighted by Crippen LogP contribution is -2.59. The number of aromatic nitrogens is 2. The molecule has 4 heteroatoms.